The van der Waals surface area contributed by atoms with Crippen molar-refractivity contribution in [1.82, 2.24) is 10.3 Å². The van der Waals surface area contributed by atoms with E-state index in [1.165, 1.54) is 26.1 Å². The number of hydrogen-bond acceptors (Lipinski definition) is 5. The molecule has 0 spiro atoms. The Kier molecular flexibility index (Phi) is 6.34. The van der Waals surface area contributed by atoms with Crippen LogP contribution in [0.15, 0.2) is 42.6 Å². The van der Waals surface area contributed by atoms with E-state index in [0.29, 0.717) is 24.6 Å². The molecule has 2 atom stereocenters. The Hall–Kier alpha value is -3.78. The molecular formula is C24H20F3N5O2S. The van der Waals surface area contributed by atoms with Gasteiger partial charge in [0.2, 0.25) is 5.91 Å². The number of nitriles is 1. The van der Waals surface area contributed by atoms with E-state index in [9.17, 15) is 28.0 Å². The van der Waals surface area contributed by atoms with E-state index >= 15 is 0 Å². The number of aromatic nitrogens is 1. The smallest absolute Gasteiger partial charge is 0.294 e. The Morgan fingerprint density at radius 3 is 2.63 bits per heavy atom. The lowest BCUT2D eigenvalue weighted by atomic mass is 9.76. The number of carbonyl (C=O) groups excluding carboxylic acids is 2. The number of halogens is 3. The number of allylic oxidation sites excluding steroid dienone is 2. The molecule has 1 aromatic heterocycles. The van der Waals surface area contributed by atoms with E-state index in [-0.39, 0.29) is 28.3 Å². The molecule has 180 valence electrons. The van der Waals surface area contributed by atoms with Crippen LogP contribution in [0.3, 0.4) is 0 Å². The highest BCUT2D eigenvalue weighted by atomic mass is 32.1. The van der Waals surface area contributed by atoms with Crippen LogP contribution in [0.4, 0.5) is 24.5 Å². The van der Waals surface area contributed by atoms with Gasteiger partial charge in [0.15, 0.2) is 5.11 Å². The van der Waals surface area contributed by atoms with Crippen molar-refractivity contribution in [2.24, 2.45) is 5.92 Å². The highest BCUT2D eigenvalue weighted by molar-refractivity contribution is 7.81. The van der Waals surface area contributed by atoms with Crippen LogP contribution in [0.2, 0.25) is 0 Å². The number of alkyl halides is 2. The maximum Gasteiger partial charge on any atom is 0.294 e. The van der Waals surface area contributed by atoms with Gasteiger partial charge in [-0.1, -0.05) is 6.08 Å². The van der Waals surface area contributed by atoms with Crippen LogP contribution in [0.1, 0.15) is 41.4 Å². The normalized spacial score (nSPS) is 19.9. The van der Waals surface area contributed by atoms with Crippen LogP contribution in [-0.2, 0) is 10.7 Å². The molecule has 1 saturated carbocycles. The van der Waals surface area contributed by atoms with Gasteiger partial charge in [-0.2, -0.15) is 14.0 Å². The average molecular weight is 500 g/mol. The second-order valence-electron chi connectivity index (χ2n) is 8.15. The summed E-state index contributed by atoms with van der Waals surface area (Å²) >= 11 is 5.59. The van der Waals surface area contributed by atoms with Gasteiger partial charge in [-0.05, 0) is 62.3 Å². The summed E-state index contributed by atoms with van der Waals surface area (Å²) in [6.07, 6.45) is 4.10. The number of carbonyl (C=O) groups is 2. The van der Waals surface area contributed by atoms with Crippen molar-refractivity contribution in [3.05, 3.63) is 65.3 Å². The van der Waals surface area contributed by atoms with Gasteiger partial charge in [0, 0.05) is 18.8 Å². The second kappa shape index (κ2) is 9.11. The Morgan fingerprint density at radius 2 is 2.06 bits per heavy atom. The monoisotopic (exact) mass is 499 g/mol. The van der Waals surface area contributed by atoms with Gasteiger partial charge in [-0.3, -0.25) is 14.5 Å². The lowest BCUT2D eigenvalue weighted by Gasteiger charge is -2.52. The molecule has 2 aliphatic rings. The molecule has 7 nitrogen and oxygen atoms in total. The number of hydrogen-bond donors (Lipinski definition) is 1. The van der Waals surface area contributed by atoms with Crippen molar-refractivity contribution in [2.45, 2.75) is 31.7 Å². The number of thiocarbonyl (C=S) groups is 1. The number of benzene rings is 1. The molecule has 1 aliphatic carbocycles. The molecule has 2 heterocycles. The zero-order valence-electron chi connectivity index (χ0n) is 18.8. The molecule has 1 aromatic carbocycles. The molecule has 1 aliphatic heterocycles. The van der Waals surface area contributed by atoms with Crippen molar-refractivity contribution in [2.75, 3.05) is 16.8 Å². The molecule has 4 rings (SSSR count). The van der Waals surface area contributed by atoms with E-state index < -0.39 is 34.8 Å². The van der Waals surface area contributed by atoms with Crippen LogP contribution < -0.4 is 15.1 Å². The SMILES string of the molecule is C/C=C/C(F)(F)c1cc(N2C(=O)C3CCC3N(c3ccc(C(=O)NC)c(F)c3)C2=S)cnc1C#N. The summed E-state index contributed by atoms with van der Waals surface area (Å²) in [6.45, 7) is 1.42. The largest absolute Gasteiger partial charge is 0.355 e. The Balaban J connectivity index is 1.78. The first-order valence-electron chi connectivity index (χ1n) is 10.8. The highest BCUT2D eigenvalue weighted by Crippen LogP contribution is 2.43. The predicted molar refractivity (Wildman–Crippen MR) is 127 cm³/mol. The van der Waals surface area contributed by atoms with Crippen LogP contribution in [0, 0.1) is 23.1 Å². The lowest BCUT2D eigenvalue weighted by molar-refractivity contribution is -0.125. The topological polar surface area (TPSA) is 89.3 Å². The van der Waals surface area contributed by atoms with E-state index in [2.05, 4.69) is 10.3 Å². The molecule has 11 heteroatoms. The minimum absolute atomic E-state index is 0.0176. The maximum atomic E-state index is 14.7. The molecule has 2 unspecified atom stereocenters. The Labute approximate surface area is 204 Å². The van der Waals surface area contributed by atoms with Crippen molar-refractivity contribution >= 4 is 40.5 Å². The summed E-state index contributed by atoms with van der Waals surface area (Å²) in [4.78, 5) is 31.7. The highest BCUT2D eigenvalue weighted by Gasteiger charge is 2.50. The van der Waals surface area contributed by atoms with Gasteiger partial charge < -0.3 is 10.2 Å². The summed E-state index contributed by atoms with van der Waals surface area (Å²) in [5, 5.41) is 11.6. The van der Waals surface area contributed by atoms with Gasteiger partial charge in [0.05, 0.1) is 28.9 Å². The van der Waals surface area contributed by atoms with Gasteiger partial charge in [-0.25, -0.2) is 9.37 Å². The minimum atomic E-state index is -3.50. The number of fused-ring (bicyclic) bond motifs is 1. The van der Waals surface area contributed by atoms with Crippen molar-refractivity contribution in [3.8, 4) is 6.07 Å². The first kappa shape index (κ1) is 24.3. The van der Waals surface area contributed by atoms with E-state index in [4.69, 9.17) is 12.2 Å². The maximum absolute atomic E-state index is 14.7. The van der Waals surface area contributed by atoms with Crippen LogP contribution >= 0.6 is 12.2 Å². The quantitative estimate of drug-likeness (QED) is 0.494. The zero-order chi connectivity index (χ0) is 25.5. The summed E-state index contributed by atoms with van der Waals surface area (Å²) < 4.78 is 44.1. The Morgan fingerprint density at radius 1 is 1.31 bits per heavy atom. The standard InChI is InChI=1S/C24H20F3N5O2S/c1-3-8-24(26,27)17-9-14(12-30-19(17)11-28)32-22(34)16-6-7-20(16)31(23(32)35)13-4-5-15(18(25)10-13)21(33)29-2/h3-5,8-10,12,16,20H,6-7H2,1-2H3,(H,29,33)/b8-3+. The molecule has 35 heavy (non-hydrogen) atoms. The molecule has 1 saturated heterocycles. The van der Waals surface area contributed by atoms with Gasteiger partial charge >= 0.3 is 0 Å². The predicted octanol–water partition coefficient (Wildman–Crippen LogP) is 4.04. The third kappa shape index (κ3) is 4.04. The van der Waals surface area contributed by atoms with Crippen LogP contribution in [0.5, 0.6) is 0 Å². The Bertz CT molecular complexity index is 1310. The summed E-state index contributed by atoms with van der Waals surface area (Å²) in [5.41, 5.74) is -0.972. The lowest BCUT2D eigenvalue weighted by Crippen LogP contribution is -2.66. The molecule has 2 fully saturated rings. The average Bonchev–Trinajstić information content (AvgIpc) is 2.80. The molecule has 1 N–H and O–H groups in total. The van der Waals surface area contributed by atoms with Gasteiger partial charge in [0.1, 0.15) is 17.6 Å². The third-order valence-electron chi connectivity index (χ3n) is 6.18. The number of nitrogens with one attached hydrogen (secondary N) is 1. The van der Waals surface area contributed by atoms with Crippen molar-refractivity contribution < 1.29 is 22.8 Å². The van der Waals surface area contributed by atoms with Crippen molar-refractivity contribution in [1.29, 1.82) is 5.26 Å². The first-order valence-corrected chi connectivity index (χ1v) is 11.2. The van der Waals surface area contributed by atoms with Gasteiger partial charge in [0.25, 0.3) is 11.8 Å². The van der Waals surface area contributed by atoms with Crippen LogP contribution in [0.25, 0.3) is 0 Å². The number of rotatable bonds is 5. The van der Waals surface area contributed by atoms with Gasteiger partial charge in [-0.15, -0.1) is 0 Å². The summed E-state index contributed by atoms with van der Waals surface area (Å²) in [6, 6.07) is 6.35. The van der Waals surface area contributed by atoms with E-state index in [1.54, 1.807) is 11.0 Å². The fourth-order valence-corrected chi connectivity index (χ4v) is 4.76. The molecule has 2 aromatic rings. The fourth-order valence-electron chi connectivity index (χ4n) is 4.32. The van der Waals surface area contributed by atoms with Crippen molar-refractivity contribution in [3.63, 3.8) is 0 Å². The number of anilines is 2. The molecule has 0 radical (unpaired) electrons. The number of nitrogens with zero attached hydrogens (tertiary/aromatic N) is 4. The molecular weight excluding hydrogens is 479 g/mol. The van der Waals surface area contributed by atoms with E-state index in [0.717, 1.165) is 29.3 Å². The number of amides is 2. The first-order chi connectivity index (χ1) is 16.6. The second-order valence-corrected chi connectivity index (χ2v) is 8.51. The van der Waals surface area contributed by atoms with Crippen LogP contribution in [-0.4, -0.2) is 35.0 Å². The number of pyridine rings is 1. The molecule has 2 amide bonds. The summed E-state index contributed by atoms with van der Waals surface area (Å²) in [5.74, 6) is -5.72. The summed E-state index contributed by atoms with van der Waals surface area (Å²) in [7, 11) is 1.39. The van der Waals surface area contributed by atoms with E-state index in [1.807, 2.05) is 0 Å². The zero-order valence-corrected chi connectivity index (χ0v) is 19.6. The third-order valence-corrected chi connectivity index (χ3v) is 6.56. The fraction of sp³-hybridized carbons (Fsp3) is 0.292. The minimum Gasteiger partial charge on any atom is -0.355 e. The molecule has 0 bridgehead atoms.